The van der Waals surface area contributed by atoms with Gasteiger partial charge in [-0.15, -0.1) is 0 Å². The number of rotatable bonds is 9. The van der Waals surface area contributed by atoms with Gasteiger partial charge in [0, 0.05) is 58.5 Å². The van der Waals surface area contributed by atoms with Crippen molar-refractivity contribution in [3.8, 4) is 0 Å². The molecule has 4 aliphatic rings. The molecular weight excluding hydrogens is 891 g/mol. The minimum Gasteiger partial charge on any atom is -0.480 e. The Hall–Kier alpha value is -3.90. The van der Waals surface area contributed by atoms with Crippen LogP contribution >= 0.6 is 0 Å². The fraction of sp³-hybridized carbons (Fsp3) is 0.736. The Bertz CT molecular complexity index is 1890. The summed E-state index contributed by atoms with van der Waals surface area (Å²) in [5.41, 5.74) is 1.23. The lowest BCUT2D eigenvalue weighted by atomic mass is 9.78. The Balaban J connectivity index is 1.70. The van der Waals surface area contributed by atoms with E-state index in [1.54, 1.807) is 48.0 Å². The molecule has 1 saturated carbocycles. The normalized spacial score (nSPS) is 38.7. The van der Waals surface area contributed by atoms with E-state index < -0.39 is 102 Å². The second-order valence-corrected chi connectivity index (χ2v) is 20.3. The summed E-state index contributed by atoms with van der Waals surface area (Å²) in [6, 6.07) is -1.17. The number of esters is 1. The van der Waals surface area contributed by atoms with Crippen LogP contribution in [0.3, 0.4) is 0 Å². The Morgan fingerprint density at radius 1 is 0.870 bits per heavy atom. The van der Waals surface area contributed by atoms with Crippen LogP contribution in [0, 0.1) is 35.5 Å². The van der Waals surface area contributed by atoms with Crippen molar-refractivity contribution >= 4 is 35.2 Å². The van der Waals surface area contributed by atoms with Crippen molar-refractivity contribution in [3.63, 3.8) is 0 Å². The molecule has 16 heteroatoms. The van der Waals surface area contributed by atoms with Gasteiger partial charge in [-0.3, -0.25) is 19.2 Å². The van der Waals surface area contributed by atoms with Gasteiger partial charge in [0.2, 0.25) is 5.79 Å². The molecule has 16 nitrogen and oxygen atoms in total. The van der Waals surface area contributed by atoms with Gasteiger partial charge in [-0.05, 0) is 107 Å². The number of amides is 1. The van der Waals surface area contributed by atoms with E-state index in [1.165, 1.54) is 12.0 Å². The van der Waals surface area contributed by atoms with E-state index in [0.717, 1.165) is 5.57 Å². The molecule has 69 heavy (non-hydrogen) atoms. The third-order valence-corrected chi connectivity index (χ3v) is 14.9. The summed E-state index contributed by atoms with van der Waals surface area (Å²) < 4.78 is 35.2. The van der Waals surface area contributed by atoms with E-state index in [0.29, 0.717) is 69.8 Å². The number of hydrogen-bond donors (Lipinski definition) is 3. The maximum atomic E-state index is 14.5. The van der Waals surface area contributed by atoms with Gasteiger partial charge in [0.05, 0.1) is 24.4 Å². The minimum atomic E-state index is -2.45. The molecule has 3 heterocycles. The highest BCUT2D eigenvalue weighted by Crippen LogP contribution is 2.38. The van der Waals surface area contributed by atoms with Gasteiger partial charge in [-0.25, -0.2) is 9.59 Å². The summed E-state index contributed by atoms with van der Waals surface area (Å²) in [4.78, 5) is 83.3. The molecule has 15 atom stereocenters. The lowest BCUT2D eigenvalue weighted by molar-refractivity contribution is -0.265. The monoisotopic (exact) mass is 972 g/mol. The molecule has 2 saturated heterocycles. The molecule has 0 aromatic carbocycles. The minimum absolute atomic E-state index is 0.00371. The zero-order chi connectivity index (χ0) is 51.2. The topological polar surface area (TPSA) is 222 Å². The van der Waals surface area contributed by atoms with Crippen LogP contribution < -0.4 is 0 Å². The Kier molecular flexibility index (Phi) is 22.6. The van der Waals surface area contributed by atoms with E-state index in [2.05, 4.69) is 0 Å². The second kappa shape index (κ2) is 27.1. The lowest BCUT2D eigenvalue weighted by Crippen LogP contribution is -2.61. The molecule has 0 spiro atoms. The molecule has 0 aromatic rings. The lowest BCUT2D eigenvalue weighted by Gasteiger charge is -2.42. The van der Waals surface area contributed by atoms with Gasteiger partial charge in [0.25, 0.3) is 11.7 Å². The van der Waals surface area contributed by atoms with Crippen LogP contribution in [0.5, 0.6) is 0 Å². The first-order valence-corrected chi connectivity index (χ1v) is 25.0. The molecule has 3 aliphatic heterocycles. The first-order chi connectivity index (χ1) is 32.6. The standard InChI is InChI=1S/C53H81NO15/c1-31-16-12-11-13-17-32(2)43(64-8)28-39-21-19-37(7)53(63,69-39)50(60)51(61)54-23-15-14-18-40(54)52(62)68-44(34(4)26-38-20-22-42(45(27-38)65-9)67-30-46(56)57)29-41(55)33(3)25-36(6)48(59)49(66-10)47(58)35(5)24-31/h11-13,16-17,25,31,33-35,37-40,42-45,48-49,59,63H,14-15,18-24,26-30H2,1-10H3,(H,56,57)/b13-11+,16-12+,32-17+,36-25+/t31-,33-,34-,35+,37-,38+,39?,40+,42-,43+,44+,45-,48-,49+,53-/m1/s1. The number of ether oxygens (including phenoxy) is 6. The number of fused-ring (bicyclic) bond motifs is 3. The predicted octanol–water partition coefficient (Wildman–Crippen LogP) is 6.29. The zero-order valence-corrected chi connectivity index (χ0v) is 42.6. The number of allylic oxidation sites excluding steroid dienone is 6. The van der Waals surface area contributed by atoms with Crippen LogP contribution in [-0.2, 0) is 57.2 Å². The molecule has 4 rings (SSSR count). The average molecular weight is 972 g/mol. The fourth-order valence-electron chi connectivity index (χ4n) is 10.5. The summed E-state index contributed by atoms with van der Waals surface area (Å²) in [6.07, 6.45) is 10.8. The highest BCUT2D eigenvalue weighted by Gasteiger charge is 2.53. The maximum Gasteiger partial charge on any atom is 0.329 e. The summed E-state index contributed by atoms with van der Waals surface area (Å²) in [6.45, 7) is 12.2. The molecule has 1 unspecified atom stereocenters. The van der Waals surface area contributed by atoms with Crippen molar-refractivity contribution < 1.29 is 72.5 Å². The van der Waals surface area contributed by atoms with Crippen LogP contribution in [0.15, 0.2) is 47.6 Å². The number of methoxy groups -OCH3 is 3. The SMILES string of the molecule is CO[C@H]1CC2CC[C@@H](C)[C@@](O)(O2)C(=O)C(=O)N2CCCC[C@H]2C(=O)O[C@H]([C@H](C)C[C@@H]2CC[C@@H](OCC(=O)O)[C@H](OC)C2)CC(=O)[C@H](C)/C=C(\C)[C@@H](O)[C@@H](OC)C(=O)[C@@H](C)C[C@H](C)/C=C/C=C/C=C/1C. The predicted molar refractivity (Wildman–Crippen MR) is 257 cm³/mol. The molecule has 1 aliphatic carbocycles. The average Bonchev–Trinajstić information content (AvgIpc) is 3.32. The number of nitrogens with zero attached hydrogens (tertiary/aromatic N) is 1. The number of carboxylic acids is 1. The summed E-state index contributed by atoms with van der Waals surface area (Å²) in [7, 11) is 4.48. The number of hydrogen-bond acceptors (Lipinski definition) is 14. The number of piperidine rings is 1. The van der Waals surface area contributed by atoms with E-state index in [-0.39, 0.29) is 48.9 Å². The maximum absolute atomic E-state index is 14.5. The van der Waals surface area contributed by atoms with Crippen molar-refractivity contribution in [2.75, 3.05) is 34.5 Å². The molecule has 3 N–H and O–H groups in total. The van der Waals surface area contributed by atoms with Gasteiger partial charge in [-0.1, -0.05) is 71.1 Å². The van der Waals surface area contributed by atoms with Crippen molar-refractivity contribution in [1.29, 1.82) is 0 Å². The highest BCUT2D eigenvalue weighted by molar-refractivity contribution is 6.39. The molecule has 388 valence electrons. The zero-order valence-electron chi connectivity index (χ0n) is 42.6. The van der Waals surface area contributed by atoms with E-state index in [9.17, 15) is 44.1 Å². The number of carbonyl (C=O) groups excluding carboxylic acids is 5. The molecule has 0 radical (unpaired) electrons. The number of aliphatic hydroxyl groups excluding tert-OH is 1. The molecule has 0 aromatic heterocycles. The number of aliphatic carboxylic acids is 1. The fourth-order valence-corrected chi connectivity index (χ4v) is 10.5. The largest absolute Gasteiger partial charge is 0.480 e. The van der Waals surface area contributed by atoms with Crippen LogP contribution in [0.4, 0.5) is 0 Å². The number of ketones is 3. The van der Waals surface area contributed by atoms with Crippen LogP contribution in [0.1, 0.15) is 126 Å². The third kappa shape index (κ3) is 15.8. The number of cyclic esters (lactones) is 1. The second-order valence-electron chi connectivity index (χ2n) is 20.3. The quantitative estimate of drug-likeness (QED) is 0.131. The van der Waals surface area contributed by atoms with Crippen molar-refractivity contribution in [1.82, 2.24) is 4.90 Å². The van der Waals surface area contributed by atoms with E-state index >= 15 is 0 Å². The Morgan fingerprint density at radius 3 is 2.26 bits per heavy atom. The summed E-state index contributed by atoms with van der Waals surface area (Å²) >= 11 is 0. The van der Waals surface area contributed by atoms with Crippen LogP contribution in [0.25, 0.3) is 0 Å². The van der Waals surface area contributed by atoms with Crippen LogP contribution in [-0.4, -0.2) is 144 Å². The third-order valence-electron chi connectivity index (χ3n) is 14.9. The first-order valence-electron chi connectivity index (χ1n) is 25.0. The number of carboxylic acid groups (broad SMARTS) is 1. The summed E-state index contributed by atoms with van der Waals surface area (Å²) in [5.74, 6) is -9.40. The van der Waals surface area contributed by atoms with Crippen molar-refractivity contribution in [3.05, 3.63) is 47.6 Å². The highest BCUT2D eigenvalue weighted by atomic mass is 16.6. The van der Waals surface area contributed by atoms with E-state index in [4.69, 9.17) is 28.4 Å². The van der Waals surface area contributed by atoms with Gasteiger partial charge in [-0.2, -0.15) is 0 Å². The number of carbonyl (C=O) groups is 6. The Morgan fingerprint density at radius 2 is 1.59 bits per heavy atom. The molecule has 1 amide bonds. The van der Waals surface area contributed by atoms with Gasteiger partial charge >= 0.3 is 11.9 Å². The number of Topliss-reactive ketones (excluding diaryl/α,β-unsaturated/α-hetero) is 3. The molecule has 3 fully saturated rings. The number of aliphatic hydroxyl groups is 2. The Labute approximate surface area is 409 Å². The smallest absolute Gasteiger partial charge is 0.329 e. The van der Waals surface area contributed by atoms with Crippen molar-refractivity contribution in [2.24, 2.45) is 35.5 Å². The molecular formula is C53H81NO15. The first kappa shape index (κ1) is 57.7. The summed E-state index contributed by atoms with van der Waals surface area (Å²) in [5, 5.41) is 32.6. The van der Waals surface area contributed by atoms with Gasteiger partial charge in [0.15, 0.2) is 5.78 Å². The van der Waals surface area contributed by atoms with Gasteiger partial charge in [0.1, 0.15) is 36.7 Å². The van der Waals surface area contributed by atoms with E-state index in [1.807, 2.05) is 51.2 Å². The van der Waals surface area contributed by atoms with Gasteiger partial charge < -0.3 is 48.6 Å². The van der Waals surface area contributed by atoms with Crippen LogP contribution in [0.2, 0.25) is 0 Å². The van der Waals surface area contributed by atoms with Crippen molar-refractivity contribution in [2.45, 2.75) is 180 Å². The molecule has 2 bridgehead atoms.